The summed E-state index contributed by atoms with van der Waals surface area (Å²) >= 11 is 0. The van der Waals surface area contributed by atoms with E-state index in [2.05, 4.69) is 16.7 Å². The van der Waals surface area contributed by atoms with Crippen LogP contribution < -0.4 is 9.47 Å². The summed E-state index contributed by atoms with van der Waals surface area (Å²) in [6.07, 6.45) is 6.99. The van der Waals surface area contributed by atoms with E-state index in [1.165, 1.54) is 0 Å². The van der Waals surface area contributed by atoms with E-state index in [0.717, 1.165) is 17.0 Å². The Labute approximate surface area is 135 Å². The van der Waals surface area contributed by atoms with Crippen molar-refractivity contribution in [2.45, 2.75) is 26.2 Å². The fraction of sp³-hybridized carbons (Fsp3) is 0.294. The Morgan fingerprint density at radius 1 is 1.39 bits per heavy atom. The second-order valence-corrected chi connectivity index (χ2v) is 5.62. The molecule has 0 bridgehead atoms. The molecule has 1 aromatic carbocycles. The van der Waals surface area contributed by atoms with Crippen molar-refractivity contribution in [3.63, 3.8) is 0 Å². The maximum absolute atomic E-state index is 5.79. The van der Waals surface area contributed by atoms with Crippen molar-refractivity contribution in [1.82, 2.24) is 9.55 Å². The van der Waals surface area contributed by atoms with E-state index in [1.54, 1.807) is 18.6 Å². The fourth-order valence-corrected chi connectivity index (χ4v) is 2.30. The number of imidazole rings is 1. The summed E-state index contributed by atoms with van der Waals surface area (Å²) in [5.74, 6) is 0.782. The first-order valence-electron chi connectivity index (χ1n) is 7.35. The SMILES string of the molecule is C=CCO/N=C(\Cn1ccnc1)c1ccc2c(c1)OC(C)(C)O2. The van der Waals surface area contributed by atoms with Crippen LogP contribution in [0.3, 0.4) is 0 Å². The molecule has 0 saturated heterocycles. The molecule has 0 saturated carbocycles. The molecule has 6 heteroatoms. The van der Waals surface area contributed by atoms with Crippen LogP contribution >= 0.6 is 0 Å². The number of ether oxygens (including phenoxy) is 2. The van der Waals surface area contributed by atoms with Gasteiger partial charge in [-0.3, -0.25) is 0 Å². The lowest BCUT2D eigenvalue weighted by Gasteiger charge is -2.16. The predicted octanol–water partition coefficient (Wildman–Crippen LogP) is 3.00. The molecule has 1 aliphatic heterocycles. The van der Waals surface area contributed by atoms with Gasteiger partial charge in [0.15, 0.2) is 11.5 Å². The smallest absolute Gasteiger partial charge is 0.246 e. The standard InChI is InChI=1S/C17H19N3O3/c1-4-9-21-19-14(11-20-8-7-18-12-20)13-5-6-15-16(10-13)23-17(2,3)22-15/h4-8,10,12H,1,9,11H2,2-3H3/b19-14+. The van der Waals surface area contributed by atoms with Crippen LogP contribution in [-0.2, 0) is 11.4 Å². The van der Waals surface area contributed by atoms with Gasteiger partial charge in [0.1, 0.15) is 12.3 Å². The fourth-order valence-electron chi connectivity index (χ4n) is 2.30. The zero-order valence-corrected chi connectivity index (χ0v) is 13.2. The normalized spacial score (nSPS) is 15.5. The Morgan fingerprint density at radius 2 is 2.22 bits per heavy atom. The lowest BCUT2D eigenvalue weighted by Crippen LogP contribution is -2.29. The number of hydrogen-bond donors (Lipinski definition) is 0. The summed E-state index contributed by atoms with van der Waals surface area (Å²) in [5, 5.41) is 4.22. The van der Waals surface area contributed by atoms with Crippen LogP contribution in [0, 0.1) is 0 Å². The molecule has 0 N–H and O–H groups in total. The Bertz CT molecular complexity index is 721. The quantitative estimate of drug-likeness (QED) is 0.356. The van der Waals surface area contributed by atoms with Crippen molar-refractivity contribution >= 4 is 5.71 Å². The number of fused-ring (bicyclic) bond motifs is 1. The second-order valence-electron chi connectivity index (χ2n) is 5.62. The van der Waals surface area contributed by atoms with Gasteiger partial charge in [-0.15, -0.1) is 0 Å². The molecule has 0 atom stereocenters. The highest BCUT2D eigenvalue weighted by atomic mass is 16.7. The van der Waals surface area contributed by atoms with Gasteiger partial charge in [-0.1, -0.05) is 17.8 Å². The van der Waals surface area contributed by atoms with E-state index in [0.29, 0.717) is 18.9 Å². The second kappa shape index (κ2) is 6.16. The number of nitrogens with zero attached hydrogens (tertiary/aromatic N) is 3. The average molecular weight is 313 g/mol. The molecule has 0 aliphatic carbocycles. The Morgan fingerprint density at radius 3 is 2.96 bits per heavy atom. The van der Waals surface area contributed by atoms with Gasteiger partial charge in [0, 0.05) is 31.8 Å². The molecule has 6 nitrogen and oxygen atoms in total. The van der Waals surface area contributed by atoms with Gasteiger partial charge in [-0.2, -0.15) is 0 Å². The minimum absolute atomic E-state index is 0.352. The Balaban J connectivity index is 1.88. The first kappa shape index (κ1) is 15.1. The van der Waals surface area contributed by atoms with Crippen molar-refractivity contribution in [2.24, 2.45) is 5.16 Å². The molecule has 0 amide bonds. The summed E-state index contributed by atoms with van der Waals surface area (Å²) < 4.78 is 13.4. The molecule has 3 rings (SSSR count). The van der Waals surface area contributed by atoms with Gasteiger partial charge in [0.25, 0.3) is 0 Å². The molecule has 1 aromatic heterocycles. The first-order valence-corrected chi connectivity index (χ1v) is 7.35. The summed E-state index contributed by atoms with van der Waals surface area (Å²) in [5.41, 5.74) is 1.67. The third-order valence-corrected chi connectivity index (χ3v) is 3.25. The molecule has 120 valence electrons. The van der Waals surface area contributed by atoms with Crippen LogP contribution in [-0.4, -0.2) is 27.7 Å². The van der Waals surface area contributed by atoms with Crippen LogP contribution in [0.25, 0.3) is 0 Å². The number of benzene rings is 1. The number of oxime groups is 1. The van der Waals surface area contributed by atoms with Crippen LogP contribution in [0.1, 0.15) is 19.4 Å². The van der Waals surface area contributed by atoms with Crippen LogP contribution in [0.15, 0.2) is 54.7 Å². The van der Waals surface area contributed by atoms with Crippen LogP contribution in [0.4, 0.5) is 0 Å². The van der Waals surface area contributed by atoms with Crippen molar-refractivity contribution in [2.75, 3.05) is 6.61 Å². The molecular weight excluding hydrogens is 294 g/mol. The molecule has 23 heavy (non-hydrogen) atoms. The first-order chi connectivity index (χ1) is 11.1. The highest BCUT2D eigenvalue weighted by Gasteiger charge is 2.31. The highest BCUT2D eigenvalue weighted by molar-refractivity contribution is 6.00. The minimum Gasteiger partial charge on any atom is -0.449 e. The Hall–Kier alpha value is -2.76. The maximum atomic E-state index is 5.79. The van der Waals surface area contributed by atoms with E-state index < -0.39 is 5.79 Å². The van der Waals surface area contributed by atoms with Crippen molar-refractivity contribution in [3.8, 4) is 11.5 Å². The molecule has 2 aromatic rings. The molecule has 0 spiro atoms. The van der Waals surface area contributed by atoms with E-state index >= 15 is 0 Å². The van der Waals surface area contributed by atoms with Crippen molar-refractivity contribution in [1.29, 1.82) is 0 Å². The van der Waals surface area contributed by atoms with Gasteiger partial charge in [0.05, 0.1) is 12.9 Å². The largest absolute Gasteiger partial charge is 0.449 e. The molecule has 0 fully saturated rings. The van der Waals surface area contributed by atoms with Gasteiger partial charge >= 0.3 is 0 Å². The van der Waals surface area contributed by atoms with E-state index in [1.807, 2.05) is 42.8 Å². The van der Waals surface area contributed by atoms with Crippen molar-refractivity contribution in [3.05, 3.63) is 55.1 Å². The molecule has 2 heterocycles. The lowest BCUT2D eigenvalue weighted by atomic mass is 10.1. The molecule has 1 aliphatic rings. The molecule has 0 unspecified atom stereocenters. The zero-order chi connectivity index (χ0) is 16.3. The van der Waals surface area contributed by atoms with Gasteiger partial charge in [0.2, 0.25) is 5.79 Å². The van der Waals surface area contributed by atoms with E-state index in [9.17, 15) is 0 Å². The summed E-state index contributed by atoms with van der Waals surface area (Å²) in [7, 11) is 0. The maximum Gasteiger partial charge on any atom is 0.246 e. The van der Waals surface area contributed by atoms with Gasteiger partial charge in [-0.05, 0) is 18.2 Å². The summed E-state index contributed by atoms with van der Waals surface area (Å²) in [6, 6.07) is 5.74. The average Bonchev–Trinajstić information content (AvgIpc) is 3.11. The lowest BCUT2D eigenvalue weighted by molar-refractivity contribution is -0.0431. The summed E-state index contributed by atoms with van der Waals surface area (Å²) in [4.78, 5) is 9.32. The van der Waals surface area contributed by atoms with Crippen molar-refractivity contribution < 1.29 is 14.3 Å². The topological polar surface area (TPSA) is 57.9 Å². The van der Waals surface area contributed by atoms with Crippen LogP contribution in [0.2, 0.25) is 0 Å². The van der Waals surface area contributed by atoms with E-state index in [-0.39, 0.29) is 0 Å². The van der Waals surface area contributed by atoms with E-state index in [4.69, 9.17) is 14.3 Å². The predicted molar refractivity (Wildman–Crippen MR) is 86.7 cm³/mol. The zero-order valence-electron chi connectivity index (χ0n) is 13.2. The third-order valence-electron chi connectivity index (χ3n) is 3.25. The number of rotatable bonds is 6. The third kappa shape index (κ3) is 3.53. The number of aromatic nitrogens is 2. The molecular formula is C17H19N3O3. The monoisotopic (exact) mass is 313 g/mol. The molecule has 0 radical (unpaired) electrons. The minimum atomic E-state index is -0.651. The van der Waals surface area contributed by atoms with Crippen LogP contribution in [0.5, 0.6) is 11.5 Å². The summed E-state index contributed by atoms with van der Waals surface area (Å²) in [6.45, 7) is 8.27. The Kier molecular flexibility index (Phi) is 4.06. The highest BCUT2D eigenvalue weighted by Crippen LogP contribution is 2.39. The van der Waals surface area contributed by atoms with Gasteiger partial charge < -0.3 is 18.9 Å². The van der Waals surface area contributed by atoms with Gasteiger partial charge in [-0.25, -0.2) is 4.98 Å². The number of hydrogen-bond acceptors (Lipinski definition) is 5.